The molecular formula is C47H83B2N7Na2O8. The number of piperidine rings is 2. The third-order valence-corrected chi connectivity index (χ3v) is 8.80. The fourth-order valence-corrected chi connectivity index (χ4v) is 6.43. The Morgan fingerprint density at radius 3 is 1.56 bits per heavy atom. The molecule has 9 N–H and O–H groups in total. The number of carbonyl (C=O) groups is 5. The molecule has 4 rings (SSSR count). The number of aldehydes is 2. The van der Waals surface area contributed by atoms with Crippen molar-refractivity contribution >= 4 is 47.7 Å². The fourth-order valence-electron chi connectivity index (χ4n) is 6.43. The van der Waals surface area contributed by atoms with Crippen LogP contribution in [0.5, 0.6) is 0 Å². The first kappa shape index (κ1) is 72.5. The second-order valence-electron chi connectivity index (χ2n) is 19.1. The molecule has 2 aliphatic rings. The molecule has 2 aromatic rings. The molecule has 0 saturated carbocycles. The third kappa shape index (κ3) is 38.5. The fraction of sp³-hybridized carbons (Fsp3) is 0.638. The summed E-state index contributed by atoms with van der Waals surface area (Å²) in [4.78, 5) is 58.2. The van der Waals surface area contributed by atoms with Crippen LogP contribution >= 0.6 is 0 Å². The number of hydrogen-bond acceptors (Lipinski definition) is 12. The van der Waals surface area contributed by atoms with Crippen molar-refractivity contribution in [1.29, 1.82) is 0 Å². The molecule has 2 fully saturated rings. The van der Waals surface area contributed by atoms with Gasteiger partial charge in [0.2, 0.25) is 0 Å². The molecule has 2 heterocycles. The molecule has 6 radical (unpaired) electrons. The first-order valence-corrected chi connectivity index (χ1v) is 21.5. The Kier molecular flexibility index (Phi) is 41.2. The molecule has 0 bridgehead atoms. The van der Waals surface area contributed by atoms with Crippen molar-refractivity contribution in [3.05, 3.63) is 71.8 Å². The molecule has 0 aliphatic carbocycles. The van der Waals surface area contributed by atoms with E-state index in [0.29, 0.717) is 24.7 Å². The molecule has 0 spiro atoms. The van der Waals surface area contributed by atoms with E-state index in [-0.39, 0.29) is 122 Å². The monoisotopic (exact) mass is 942 g/mol. The number of hydrogen-bond donors (Lipinski definition) is 6. The molecule has 15 nitrogen and oxygen atoms in total. The van der Waals surface area contributed by atoms with Crippen molar-refractivity contribution in [2.75, 3.05) is 26.2 Å². The van der Waals surface area contributed by atoms with Crippen LogP contribution in [0.4, 0.5) is 14.4 Å². The molecule has 2 aromatic carbocycles. The van der Waals surface area contributed by atoms with Gasteiger partial charge < -0.3 is 59.8 Å². The van der Waals surface area contributed by atoms with E-state index in [1.54, 1.807) is 27.7 Å². The van der Waals surface area contributed by atoms with Crippen molar-refractivity contribution in [2.24, 2.45) is 23.5 Å². The standard InChI is InChI=1S/C18H28N2O2.C11H22N2O2.C11H19NO4.C7H9N.2B.H3N.2Na.2H/c1-14-10-16(19-17(21)22-18(2,3)4)13-20(11-14)12-15-8-6-5-7-9-15;1-8-5-9(7-12-6-8)13-10(14)15-11(2,3)4;1-8(6-13)5-9(7-14)12-10(15)16-11(2,3)4;8-6-7-4-2-1-3-5-7;;;;;;;/h5-9,14,16H,10-13H2,1-4H3,(H,19,21);8-9,12H,5-7H2,1-4H3,(H,13,14);6-9H,5H2,1-4H3,(H,12,15);1-5H,6,8H2;;;1H3;;;;/q;;;;;;;2*+1;2*-1/t14-,16-;2*8-,9-;;;;;;;;/m000......../s1. The van der Waals surface area contributed by atoms with Crippen LogP contribution in [0.15, 0.2) is 60.7 Å². The number of ether oxygens (including phenoxy) is 3. The molecule has 2 saturated heterocycles. The Morgan fingerprint density at radius 1 is 0.712 bits per heavy atom. The number of amides is 3. The third-order valence-electron chi connectivity index (χ3n) is 8.80. The van der Waals surface area contributed by atoms with Gasteiger partial charge in [0.1, 0.15) is 29.4 Å². The van der Waals surface area contributed by atoms with Gasteiger partial charge in [0.25, 0.3) is 0 Å². The minimum Gasteiger partial charge on any atom is -1.00 e. The van der Waals surface area contributed by atoms with Gasteiger partial charge in [0, 0.05) is 67.6 Å². The number of benzene rings is 2. The number of carbonyl (C=O) groups excluding carboxylic acids is 5. The van der Waals surface area contributed by atoms with Crippen molar-refractivity contribution in [3.63, 3.8) is 0 Å². The first-order chi connectivity index (χ1) is 28.4. The smallest absolute Gasteiger partial charge is 1.00 e. The SMILES string of the molecule is C[C@@H]1CNC[C@@H](NC(=O)OC(C)(C)C)C1.C[C@H](C=O)C[C@@H](C=O)NC(=O)OC(C)(C)C.C[C@H]1C[C@H](NC(=O)OC(C)(C)C)CN(Cc2ccccc2)C1.N.NCc1ccccc1.[B].[B].[H-].[H-].[Na+].[Na+]. The van der Waals surface area contributed by atoms with Crippen molar-refractivity contribution < 1.29 is 100 Å². The van der Waals surface area contributed by atoms with Crippen LogP contribution in [-0.2, 0) is 36.9 Å². The number of rotatable bonds is 10. The summed E-state index contributed by atoms with van der Waals surface area (Å²) in [5.74, 6) is 0.904. The Morgan fingerprint density at radius 2 is 1.15 bits per heavy atom. The molecule has 6 atom stereocenters. The van der Waals surface area contributed by atoms with E-state index >= 15 is 0 Å². The number of alkyl carbamates (subject to hydrolysis) is 3. The van der Waals surface area contributed by atoms with Gasteiger partial charge >= 0.3 is 77.4 Å². The first-order valence-electron chi connectivity index (χ1n) is 21.5. The van der Waals surface area contributed by atoms with Crippen LogP contribution < -0.4 is 92.3 Å². The van der Waals surface area contributed by atoms with Crippen LogP contribution in [0.3, 0.4) is 0 Å². The molecule has 19 heteroatoms. The summed E-state index contributed by atoms with van der Waals surface area (Å²) in [6.07, 6.45) is 2.37. The minimum atomic E-state index is -0.685. The normalized spacial score (nSPS) is 18.6. The van der Waals surface area contributed by atoms with E-state index in [4.69, 9.17) is 19.9 Å². The Labute approximate surface area is 448 Å². The van der Waals surface area contributed by atoms with E-state index in [1.165, 1.54) is 11.1 Å². The van der Waals surface area contributed by atoms with Crippen LogP contribution in [0, 0.1) is 17.8 Å². The van der Waals surface area contributed by atoms with Gasteiger partial charge in [0.05, 0.1) is 6.04 Å². The Hall–Kier alpha value is -2.44. The minimum absolute atomic E-state index is 0. The molecule has 3 amide bonds. The summed E-state index contributed by atoms with van der Waals surface area (Å²) in [5.41, 5.74) is 6.38. The van der Waals surface area contributed by atoms with Gasteiger partial charge in [-0.3, -0.25) is 4.90 Å². The topological polar surface area (TPSA) is 225 Å². The Balaban J connectivity index is -0.000000147. The predicted octanol–water partition coefficient (Wildman–Crippen LogP) is 1.01. The van der Waals surface area contributed by atoms with Crippen molar-refractivity contribution in [3.8, 4) is 0 Å². The largest absolute Gasteiger partial charge is 1.00 e. The van der Waals surface area contributed by atoms with E-state index in [2.05, 4.69) is 64.3 Å². The van der Waals surface area contributed by atoms with Crippen LogP contribution in [0.2, 0.25) is 0 Å². The van der Waals surface area contributed by atoms with Gasteiger partial charge in [-0.25, -0.2) is 14.4 Å². The molecular weight excluding hydrogens is 858 g/mol. The summed E-state index contributed by atoms with van der Waals surface area (Å²) in [6, 6.07) is 20.1. The van der Waals surface area contributed by atoms with Gasteiger partial charge in [-0.15, -0.1) is 0 Å². The van der Waals surface area contributed by atoms with E-state index in [0.717, 1.165) is 51.9 Å². The quantitative estimate of drug-likeness (QED) is 0.112. The zero-order chi connectivity index (χ0) is 46.2. The number of nitrogens with two attached hydrogens (primary N) is 1. The molecule has 2 aliphatic heterocycles. The summed E-state index contributed by atoms with van der Waals surface area (Å²) in [6.45, 7) is 27.9. The van der Waals surface area contributed by atoms with E-state index in [1.807, 2.05) is 77.9 Å². The maximum atomic E-state index is 11.9. The van der Waals surface area contributed by atoms with Gasteiger partial charge in [0.15, 0.2) is 0 Å². The summed E-state index contributed by atoms with van der Waals surface area (Å²) in [5, 5.41) is 11.6. The summed E-state index contributed by atoms with van der Waals surface area (Å²) >= 11 is 0. The zero-order valence-electron chi connectivity index (χ0n) is 44.9. The van der Waals surface area contributed by atoms with Crippen LogP contribution in [-0.4, -0.2) is 114 Å². The van der Waals surface area contributed by atoms with Gasteiger partial charge in [-0.2, -0.15) is 0 Å². The average molecular weight is 942 g/mol. The van der Waals surface area contributed by atoms with Gasteiger partial charge in [-0.05, 0) is 111 Å². The summed E-state index contributed by atoms with van der Waals surface area (Å²) < 4.78 is 15.5. The molecule has 362 valence electrons. The predicted molar refractivity (Wildman–Crippen MR) is 261 cm³/mol. The number of nitrogens with zero attached hydrogens (tertiary/aromatic N) is 1. The molecule has 0 aromatic heterocycles. The van der Waals surface area contributed by atoms with Crippen molar-refractivity contribution in [1.82, 2.24) is 32.3 Å². The maximum Gasteiger partial charge on any atom is 1.00 e. The van der Waals surface area contributed by atoms with Crippen LogP contribution in [0.25, 0.3) is 0 Å². The van der Waals surface area contributed by atoms with Gasteiger partial charge in [-0.1, -0.05) is 81.4 Å². The second-order valence-corrected chi connectivity index (χ2v) is 19.1. The second kappa shape index (κ2) is 37.5. The zero-order valence-corrected chi connectivity index (χ0v) is 46.9. The van der Waals surface area contributed by atoms with E-state index in [9.17, 15) is 24.0 Å². The van der Waals surface area contributed by atoms with Crippen molar-refractivity contribution in [2.45, 2.75) is 150 Å². The Bertz CT molecular complexity index is 1600. The molecule has 0 unspecified atom stereocenters. The van der Waals surface area contributed by atoms with E-state index < -0.39 is 28.9 Å². The van der Waals surface area contributed by atoms with Crippen LogP contribution in [0.1, 0.15) is 116 Å². The number of likely N-dealkylation sites (tertiary alicyclic amines) is 1. The maximum absolute atomic E-state index is 11.9. The average Bonchev–Trinajstić information content (AvgIpc) is 3.13. The number of nitrogens with one attached hydrogen (secondary N) is 4. The summed E-state index contributed by atoms with van der Waals surface area (Å²) in [7, 11) is 0. The molecule has 66 heavy (non-hydrogen) atoms.